The Morgan fingerprint density at radius 3 is 2.94 bits per heavy atom. The fourth-order valence-electron chi connectivity index (χ4n) is 1.84. The SMILES string of the molecule is CN1CCC(Nc2ccc([N+](=O)[O-])cn2)C1. The van der Waals surface area contributed by atoms with E-state index in [0.717, 1.165) is 19.5 Å². The van der Waals surface area contributed by atoms with Gasteiger partial charge >= 0.3 is 0 Å². The second-order valence-electron chi connectivity index (χ2n) is 4.05. The molecule has 1 saturated heterocycles. The molecule has 1 fully saturated rings. The molecule has 1 unspecified atom stereocenters. The molecule has 0 radical (unpaired) electrons. The normalized spacial score (nSPS) is 20.9. The number of likely N-dealkylation sites (N-methyl/N-ethyl adjacent to an activating group) is 1. The molecular weight excluding hydrogens is 208 g/mol. The van der Waals surface area contributed by atoms with Crippen LogP contribution in [-0.2, 0) is 0 Å². The van der Waals surface area contributed by atoms with Crippen LogP contribution in [0.3, 0.4) is 0 Å². The summed E-state index contributed by atoms with van der Waals surface area (Å²) in [4.78, 5) is 16.3. The van der Waals surface area contributed by atoms with E-state index in [1.54, 1.807) is 6.07 Å². The predicted molar refractivity (Wildman–Crippen MR) is 60.4 cm³/mol. The number of hydrogen-bond acceptors (Lipinski definition) is 5. The number of aromatic nitrogens is 1. The fourth-order valence-corrected chi connectivity index (χ4v) is 1.84. The Labute approximate surface area is 93.4 Å². The second kappa shape index (κ2) is 4.44. The van der Waals surface area contributed by atoms with Gasteiger partial charge in [-0.1, -0.05) is 0 Å². The highest BCUT2D eigenvalue weighted by Crippen LogP contribution is 2.15. The summed E-state index contributed by atoms with van der Waals surface area (Å²) in [6.45, 7) is 2.06. The van der Waals surface area contributed by atoms with E-state index in [-0.39, 0.29) is 5.69 Å². The van der Waals surface area contributed by atoms with Crippen molar-refractivity contribution in [3.05, 3.63) is 28.4 Å². The van der Waals surface area contributed by atoms with Crippen LogP contribution in [0.25, 0.3) is 0 Å². The van der Waals surface area contributed by atoms with Gasteiger partial charge in [-0.15, -0.1) is 0 Å². The molecule has 6 nitrogen and oxygen atoms in total. The lowest BCUT2D eigenvalue weighted by Crippen LogP contribution is -2.23. The van der Waals surface area contributed by atoms with Crippen molar-refractivity contribution in [1.29, 1.82) is 0 Å². The molecule has 0 aliphatic carbocycles. The van der Waals surface area contributed by atoms with Gasteiger partial charge in [0.2, 0.25) is 0 Å². The molecule has 1 aliphatic heterocycles. The van der Waals surface area contributed by atoms with Gasteiger partial charge in [-0.3, -0.25) is 10.1 Å². The monoisotopic (exact) mass is 222 g/mol. The van der Waals surface area contributed by atoms with E-state index in [2.05, 4.69) is 22.2 Å². The Balaban J connectivity index is 1.97. The molecule has 0 bridgehead atoms. The molecule has 1 N–H and O–H groups in total. The van der Waals surface area contributed by atoms with Crippen molar-refractivity contribution >= 4 is 11.5 Å². The minimum Gasteiger partial charge on any atom is -0.366 e. The number of anilines is 1. The van der Waals surface area contributed by atoms with Crippen LogP contribution in [0.15, 0.2) is 18.3 Å². The third-order valence-corrected chi connectivity index (χ3v) is 2.70. The van der Waals surface area contributed by atoms with Crippen LogP contribution in [0.5, 0.6) is 0 Å². The van der Waals surface area contributed by atoms with Crippen LogP contribution >= 0.6 is 0 Å². The largest absolute Gasteiger partial charge is 0.366 e. The van der Waals surface area contributed by atoms with Crippen LogP contribution in [0.1, 0.15) is 6.42 Å². The number of nitro groups is 1. The number of nitrogens with one attached hydrogen (secondary N) is 1. The summed E-state index contributed by atoms with van der Waals surface area (Å²) in [5.41, 5.74) is 0.0223. The Kier molecular flexibility index (Phi) is 3.00. The molecule has 2 heterocycles. The van der Waals surface area contributed by atoms with Crippen LogP contribution in [0.4, 0.5) is 11.5 Å². The second-order valence-corrected chi connectivity index (χ2v) is 4.05. The first-order valence-corrected chi connectivity index (χ1v) is 5.20. The predicted octanol–water partition coefficient (Wildman–Crippen LogP) is 1.11. The summed E-state index contributed by atoms with van der Waals surface area (Å²) in [6, 6.07) is 3.50. The van der Waals surface area contributed by atoms with Crippen molar-refractivity contribution in [2.24, 2.45) is 0 Å². The van der Waals surface area contributed by atoms with Crippen LogP contribution in [-0.4, -0.2) is 41.0 Å². The molecule has 0 spiro atoms. The zero-order chi connectivity index (χ0) is 11.5. The molecule has 2 rings (SSSR count). The van der Waals surface area contributed by atoms with Gasteiger partial charge in [-0.25, -0.2) is 4.98 Å². The van der Waals surface area contributed by atoms with E-state index in [1.807, 2.05) is 0 Å². The number of pyridine rings is 1. The van der Waals surface area contributed by atoms with E-state index in [1.165, 1.54) is 12.3 Å². The number of rotatable bonds is 3. The zero-order valence-corrected chi connectivity index (χ0v) is 9.09. The molecule has 0 amide bonds. The molecule has 0 aromatic carbocycles. The molecule has 1 atom stereocenters. The van der Waals surface area contributed by atoms with Gasteiger partial charge in [-0.2, -0.15) is 0 Å². The lowest BCUT2D eigenvalue weighted by Gasteiger charge is -2.12. The number of nitrogens with zero attached hydrogens (tertiary/aromatic N) is 3. The van der Waals surface area contributed by atoms with Gasteiger partial charge < -0.3 is 10.2 Å². The summed E-state index contributed by atoms with van der Waals surface area (Å²) in [6.07, 6.45) is 2.36. The minimum absolute atomic E-state index is 0.0223. The first kappa shape index (κ1) is 10.8. The van der Waals surface area contributed by atoms with Gasteiger partial charge in [0, 0.05) is 18.7 Å². The number of hydrogen-bond donors (Lipinski definition) is 1. The van der Waals surface area contributed by atoms with E-state index in [9.17, 15) is 10.1 Å². The summed E-state index contributed by atoms with van der Waals surface area (Å²) >= 11 is 0. The first-order valence-electron chi connectivity index (χ1n) is 5.20. The van der Waals surface area contributed by atoms with Crippen molar-refractivity contribution in [2.45, 2.75) is 12.5 Å². The van der Waals surface area contributed by atoms with Crippen LogP contribution in [0.2, 0.25) is 0 Å². The summed E-state index contributed by atoms with van der Waals surface area (Å²) < 4.78 is 0. The third-order valence-electron chi connectivity index (χ3n) is 2.70. The standard InChI is InChI=1S/C10H14N4O2/c1-13-5-4-8(7-13)12-10-3-2-9(6-11-10)14(15)16/h2-3,6,8H,4-5,7H2,1H3,(H,11,12). The molecule has 0 saturated carbocycles. The maximum atomic E-state index is 10.4. The third kappa shape index (κ3) is 2.46. The molecule has 6 heteroatoms. The summed E-state index contributed by atoms with van der Waals surface area (Å²) in [7, 11) is 2.07. The van der Waals surface area contributed by atoms with Gasteiger partial charge in [0.25, 0.3) is 5.69 Å². The van der Waals surface area contributed by atoms with Crippen molar-refractivity contribution in [3.8, 4) is 0 Å². The van der Waals surface area contributed by atoms with Crippen molar-refractivity contribution in [2.75, 3.05) is 25.5 Å². The highest BCUT2D eigenvalue weighted by molar-refractivity contribution is 5.41. The average Bonchev–Trinajstić information content (AvgIpc) is 2.65. The van der Waals surface area contributed by atoms with Crippen LogP contribution in [0, 0.1) is 10.1 Å². The molecule has 16 heavy (non-hydrogen) atoms. The summed E-state index contributed by atoms with van der Waals surface area (Å²) in [5.74, 6) is 0.700. The molecular formula is C10H14N4O2. The van der Waals surface area contributed by atoms with Crippen molar-refractivity contribution in [3.63, 3.8) is 0 Å². The molecule has 1 aromatic heterocycles. The lowest BCUT2D eigenvalue weighted by molar-refractivity contribution is -0.385. The molecule has 1 aliphatic rings. The van der Waals surface area contributed by atoms with E-state index in [4.69, 9.17) is 0 Å². The van der Waals surface area contributed by atoms with E-state index >= 15 is 0 Å². The van der Waals surface area contributed by atoms with Gasteiger partial charge in [0.15, 0.2) is 0 Å². The highest BCUT2D eigenvalue weighted by Gasteiger charge is 2.19. The fraction of sp³-hybridized carbons (Fsp3) is 0.500. The molecule has 1 aromatic rings. The van der Waals surface area contributed by atoms with Crippen LogP contribution < -0.4 is 5.32 Å². The van der Waals surface area contributed by atoms with E-state index < -0.39 is 4.92 Å². The Hall–Kier alpha value is -1.69. The Morgan fingerprint density at radius 2 is 2.44 bits per heavy atom. The zero-order valence-electron chi connectivity index (χ0n) is 9.09. The Bertz CT molecular complexity index is 379. The minimum atomic E-state index is -0.444. The lowest BCUT2D eigenvalue weighted by atomic mass is 10.2. The topological polar surface area (TPSA) is 71.3 Å². The highest BCUT2D eigenvalue weighted by atomic mass is 16.6. The first-order chi connectivity index (χ1) is 7.65. The van der Waals surface area contributed by atoms with E-state index in [0.29, 0.717) is 11.9 Å². The maximum Gasteiger partial charge on any atom is 0.287 e. The maximum absolute atomic E-state index is 10.4. The van der Waals surface area contributed by atoms with Gasteiger partial charge in [0.05, 0.1) is 4.92 Å². The molecule has 86 valence electrons. The van der Waals surface area contributed by atoms with Gasteiger partial charge in [-0.05, 0) is 26.1 Å². The Morgan fingerprint density at radius 1 is 1.62 bits per heavy atom. The number of likely N-dealkylation sites (tertiary alicyclic amines) is 1. The quantitative estimate of drug-likeness (QED) is 0.612. The van der Waals surface area contributed by atoms with Crippen molar-refractivity contribution < 1.29 is 4.92 Å². The smallest absolute Gasteiger partial charge is 0.287 e. The van der Waals surface area contributed by atoms with Crippen molar-refractivity contribution in [1.82, 2.24) is 9.88 Å². The van der Waals surface area contributed by atoms with Gasteiger partial charge in [0.1, 0.15) is 12.0 Å². The average molecular weight is 222 g/mol. The summed E-state index contributed by atoms with van der Waals surface area (Å²) in [5, 5.41) is 13.7.